The first-order valence-corrected chi connectivity index (χ1v) is 10.9. The molecule has 1 heterocycles. The summed E-state index contributed by atoms with van der Waals surface area (Å²) in [4.78, 5) is 12.8. The highest BCUT2D eigenvalue weighted by molar-refractivity contribution is 5.74. The second-order valence-corrected chi connectivity index (χ2v) is 10.3. The van der Waals surface area contributed by atoms with Crippen LogP contribution in [0.5, 0.6) is 0 Å². The van der Waals surface area contributed by atoms with E-state index in [4.69, 9.17) is 4.74 Å². The van der Waals surface area contributed by atoms with Gasteiger partial charge in [0.1, 0.15) is 0 Å². The standard InChI is InChI=1S/C21H27F5O4/c1-8-9(2)12-7-11(8)16-10-5-13(17(12)16)14(6-10)18(27)30-15-3-4-29-20(28,19(15,22)23)21(24,25)26/h8-17,28H,3-7H2,1-2H3. The van der Waals surface area contributed by atoms with Crippen molar-refractivity contribution >= 4 is 5.97 Å². The molecule has 1 aliphatic heterocycles. The van der Waals surface area contributed by atoms with Crippen molar-refractivity contribution < 1.29 is 41.3 Å². The fourth-order valence-electron chi connectivity index (χ4n) is 7.94. The van der Waals surface area contributed by atoms with E-state index in [1.165, 1.54) is 0 Å². The molecule has 0 aromatic rings. The van der Waals surface area contributed by atoms with Gasteiger partial charge in [0.25, 0.3) is 0 Å². The Hall–Kier alpha value is -0.960. The second kappa shape index (κ2) is 6.30. The van der Waals surface area contributed by atoms with Crippen molar-refractivity contribution in [3.63, 3.8) is 0 Å². The van der Waals surface area contributed by atoms with Crippen LogP contribution in [0.1, 0.15) is 39.5 Å². The van der Waals surface area contributed by atoms with Gasteiger partial charge in [0, 0.05) is 6.42 Å². The predicted molar refractivity (Wildman–Crippen MR) is 93.0 cm³/mol. The topological polar surface area (TPSA) is 55.8 Å². The molecule has 4 aliphatic carbocycles. The first kappa shape index (κ1) is 20.9. The van der Waals surface area contributed by atoms with Crippen LogP contribution in [0.3, 0.4) is 0 Å². The van der Waals surface area contributed by atoms with Crippen LogP contribution in [0.25, 0.3) is 0 Å². The number of carbonyl (C=O) groups is 1. The third-order valence-corrected chi connectivity index (χ3v) is 9.34. The zero-order valence-electron chi connectivity index (χ0n) is 16.9. The summed E-state index contributed by atoms with van der Waals surface area (Å²) in [5.74, 6) is -7.03. The van der Waals surface area contributed by atoms with Gasteiger partial charge >= 0.3 is 23.9 Å². The number of halogens is 5. The minimum atomic E-state index is -5.71. The van der Waals surface area contributed by atoms with Gasteiger partial charge in [0.15, 0.2) is 6.10 Å². The molecule has 4 bridgehead atoms. The Labute approximate surface area is 171 Å². The van der Waals surface area contributed by atoms with Gasteiger partial charge in [-0.15, -0.1) is 0 Å². The molecule has 9 heteroatoms. The normalized spacial score (nSPS) is 53.7. The molecule has 4 nitrogen and oxygen atoms in total. The van der Waals surface area contributed by atoms with Crippen LogP contribution in [0.2, 0.25) is 0 Å². The van der Waals surface area contributed by atoms with Crippen molar-refractivity contribution in [2.24, 2.45) is 53.3 Å². The fraction of sp³-hybridized carbons (Fsp3) is 0.952. The van der Waals surface area contributed by atoms with E-state index in [2.05, 4.69) is 18.6 Å². The lowest BCUT2D eigenvalue weighted by molar-refractivity contribution is -0.456. The summed E-state index contributed by atoms with van der Waals surface area (Å²) in [5, 5.41) is 9.55. The number of fused-ring (bicyclic) bond motifs is 9. The number of aliphatic hydroxyl groups is 1. The minimum absolute atomic E-state index is 0.0624. The van der Waals surface area contributed by atoms with Crippen molar-refractivity contribution in [3.05, 3.63) is 0 Å². The highest BCUT2D eigenvalue weighted by Crippen LogP contribution is 2.71. The number of carbonyl (C=O) groups excluding carboxylic acids is 1. The van der Waals surface area contributed by atoms with Crippen molar-refractivity contribution in [2.45, 2.75) is 63.5 Å². The maximum absolute atomic E-state index is 14.5. The van der Waals surface area contributed by atoms with Crippen molar-refractivity contribution in [2.75, 3.05) is 6.61 Å². The Morgan fingerprint density at radius 1 is 1.03 bits per heavy atom. The lowest BCUT2D eigenvalue weighted by atomic mass is 9.62. The lowest BCUT2D eigenvalue weighted by Gasteiger charge is -2.45. The van der Waals surface area contributed by atoms with E-state index in [1.807, 2.05) is 0 Å². The molecule has 0 aromatic heterocycles. The van der Waals surface area contributed by atoms with Crippen LogP contribution in [-0.2, 0) is 14.3 Å². The summed E-state index contributed by atoms with van der Waals surface area (Å²) in [6.45, 7) is 3.76. The molecule has 0 spiro atoms. The van der Waals surface area contributed by atoms with Gasteiger partial charge in [-0.25, -0.2) is 0 Å². The third kappa shape index (κ3) is 2.48. The molecular weight excluding hydrogens is 411 g/mol. The van der Waals surface area contributed by atoms with Crippen LogP contribution < -0.4 is 0 Å². The Bertz CT molecular complexity index is 741. The highest BCUT2D eigenvalue weighted by atomic mass is 19.4. The summed E-state index contributed by atoms with van der Waals surface area (Å²) < 4.78 is 77.2. The molecule has 0 amide bonds. The summed E-state index contributed by atoms with van der Waals surface area (Å²) in [7, 11) is 0. The number of hydrogen-bond donors (Lipinski definition) is 1. The van der Waals surface area contributed by atoms with E-state index in [0.29, 0.717) is 47.8 Å². The quantitative estimate of drug-likeness (QED) is 0.402. The molecular formula is C21H27F5O4. The van der Waals surface area contributed by atoms with Crippen LogP contribution in [0.4, 0.5) is 22.0 Å². The van der Waals surface area contributed by atoms with Crippen LogP contribution >= 0.6 is 0 Å². The van der Waals surface area contributed by atoms with Gasteiger partial charge < -0.3 is 14.6 Å². The van der Waals surface area contributed by atoms with Crippen molar-refractivity contribution in [1.29, 1.82) is 0 Å². The first-order chi connectivity index (χ1) is 13.9. The molecule has 30 heavy (non-hydrogen) atoms. The number of alkyl halides is 5. The highest BCUT2D eigenvalue weighted by Gasteiger charge is 2.76. The molecule has 11 atom stereocenters. The van der Waals surface area contributed by atoms with Crippen LogP contribution in [-0.4, -0.2) is 41.7 Å². The minimum Gasteiger partial charge on any atom is -0.455 e. The molecule has 0 radical (unpaired) electrons. The van der Waals surface area contributed by atoms with Gasteiger partial charge in [-0.3, -0.25) is 4.79 Å². The Morgan fingerprint density at radius 2 is 1.67 bits per heavy atom. The summed E-state index contributed by atoms with van der Waals surface area (Å²) >= 11 is 0. The monoisotopic (exact) mass is 438 g/mol. The number of rotatable bonds is 2. The van der Waals surface area contributed by atoms with Gasteiger partial charge in [-0.2, -0.15) is 22.0 Å². The zero-order valence-corrected chi connectivity index (χ0v) is 16.9. The number of esters is 1. The van der Waals surface area contributed by atoms with Gasteiger partial charge in [0.2, 0.25) is 0 Å². The lowest BCUT2D eigenvalue weighted by Crippen LogP contribution is -2.68. The Balaban J connectivity index is 1.32. The smallest absolute Gasteiger partial charge is 0.449 e. The van der Waals surface area contributed by atoms with Gasteiger partial charge in [0.05, 0.1) is 12.5 Å². The maximum Gasteiger partial charge on any atom is 0.449 e. The number of ether oxygens (including phenoxy) is 2. The zero-order chi connectivity index (χ0) is 21.8. The van der Waals surface area contributed by atoms with Crippen molar-refractivity contribution in [1.82, 2.24) is 0 Å². The molecule has 1 saturated heterocycles. The summed E-state index contributed by atoms with van der Waals surface area (Å²) in [5.41, 5.74) is 0. The Morgan fingerprint density at radius 3 is 2.30 bits per heavy atom. The summed E-state index contributed by atoms with van der Waals surface area (Å²) in [6, 6.07) is 0. The van der Waals surface area contributed by atoms with E-state index in [0.717, 1.165) is 12.8 Å². The molecule has 0 aromatic carbocycles. The third-order valence-electron chi connectivity index (χ3n) is 9.34. The first-order valence-electron chi connectivity index (χ1n) is 10.9. The average molecular weight is 438 g/mol. The van der Waals surface area contributed by atoms with Gasteiger partial charge in [-0.05, 0) is 66.6 Å². The number of hydrogen-bond acceptors (Lipinski definition) is 4. The predicted octanol–water partition coefficient (Wildman–Crippen LogP) is 4.02. The average Bonchev–Trinajstić information content (AvgIpc) is 3.38. The van der Waals surface area contributed by atoms with E-state index in [1.54, 1.807) is 0 Å². The van der Waals surface area contributed by atoms with Crippen LogP contribution in [0, 0.1) is 53.3 Å². The van der Waals surface area contributed by atoms with E-state index >= 15 is 0 Å². The molecule has 5 fully saturated rings. The molecule has 1 N–H and O–H groups in total. The van der Waals surface area contributed by atoms with E-state index in [9.17, 15) is 31.9 Å². The van der Waals surface area contributed by atoms with E-state index in [-0.39, 0.29) is 5.92 Å². The van der Waals surface area contributed by atoms with Gasteiger partial charge in [-0.1, -0.05) is 13.8 Å². The maximum atomic E-state index is 14.5. The second-order valence-electron chi connectivity index (χ2n) is 10.3. The molecule has 4 saturated carbocycles. The fourth-order valence-corrected chi connectivity index (χ4v) is 7.94. The molecule has 5 aliphatic rings. The largest absolute Gasteiger partial charge is 0.455 e. The van der Waals surface area contributed by atoms with E-state index < -0.39 is 48.9 Å². The molecule has 5 rings (SSSR count). The van der Waals surface area contributed by atoms with Crippen LogP contribution in [0.15, 0.2) is 0 Å². The Kier molecular flexibility index (Phi) is 4.39. The SMILES string of the molecule is CC1C(C)C2CC1C1C3CC(C(=O)OC4CCOC(O)(C(F)(F)F)C4(F)F)C(C3)C21. The molecule has 170 valence electrons. The summed E-state index contributed by atoms with van der Waals surface area (Å²) in [6.07, 6.45) is -6.08. The van der Waals surface area contributed by atoms with Crippen molar-refractivity contribution in [3.8, 4) is 0 Å². The molecule has 11 unspecified atom stereocenters.